The number of piperidine rings is 1. The molecule has 94 valence electrons. The van der Waals surface area contributed by atoms with Crippen LogP contribution in [0.15, 0.2) is 0 Å². The molecule has 0 radical (unpaired) electrons. The molecule has 0 amide bonds. The van der Waals surface area contributed by atoms with Crippen molar-refractivity contribution in [3.05, 3.63) is 0 Å². The average molecular weight is 224 g/mol. The monoisotopic (exact) mass is 224 g/mol. The predicted octanol–water partition coefficient (Wildman–Crippen LogP) is 2.77. The van der Waals surface area contributed by atoms with Crippen molar-refractivity contribution in [3.63, 3.8) is 0 Å². The Kier molecular flexibility index (Phi) is 3.91. The first-order valence-electron chi connectivity index (χ1n) is 7.06. The van der Waals surface area contributed by atoms with Gasteiger partial charge in [0.1, 0.15) is 0 Å². The van der Waals surface area contributed by atoms with Gasteiger partial charge in [-0.3, -0.25) is 4.90 Å². The first kappa shape index (κ1) is 12.4. The molecule has 1 saturated carbocycles. The van der Waals surface area contributed by atoms with Crippen LogP contribution in [0.2, 0.25) is 0 Å². The van der Waals surface area contributed by atoms with Crippen LogP contribution in [-0.4, -0.2) is 30.1 Å². The van der Waals surface area contributed by atoms with Crippen LogP contribution in [0.1, 0.15) is 58.8 Å². The number of rotatable bonds is 1. The fourth-order valence-electron chi connectivity index (χ4n) is 3.38. The number of hydrogen-bond donors (Lipinski definition) is 1. The topological polar surface area (TPSA) is 29.3 Å². The number of hydrogen-bond acceptors (Lipinski definition) is 2. The summed E-state index contributed by atoms with van der Waals surface area (Å²) in [5.74, 6) is 0. The van der Waals surface area contributed by atoms with Crippen LogP contribution in [0.3, 0.4) is 0 Å². The zero-order valence-electron chi connectivity index (χ0n) is 11.0. The molecule has 0 aromatic carbocycles. The SMILES string of the molecule is CC1(C)CCCC(N2CCCC(N)C2)CC1. The molecule has 1 aliphatic carbocycles. The molecular weight excluding hydrogens is 196 g/mol. The van der Waals surface area contributed by atoms with E-state index < -0.39 is 0 Å². The second-order valence-electron chi connectivity index (χ2n) is 6.65. The molecule has 0 aromatic heterocycles. The summed E-state index contributed by atoms with van der Waals surface area (Å²) in [4.78, 5) is 2.68. The Labute approximate surface area is 101 Å². The zero-order chi connectivity index (χ0) is 11.6. The molecule has 2 fully saturated rings. The van der Waals surface area contributed by atoms with Crippen molar-refractivity contribution in [1.29, 1.82) is 0 Å². The molecule has 2 aliphatic rings. The highest BCUT2D eigenvalue weighted by molar-refractivity contribution is 4.85. The van der Waals surface area contributed by atoms with Crippen LogP contribution >= 0.6 is 0 Å². The lowest BCUT2D eigenvalue weighted by atomic mass is 9.85. The maximum absolute atomic E-state index is 6.08. The van der Waals surface area contributed by atoms with Crippen LogP contribution in [-0.2, 0) is 0 Å². The molecule has 0 bridgehead atoms. The lowest BCUT2D eigenvalue weighted by molar-refractivity contribution is 0.134. The van der Waals surface area contributed by atoms with Gasteiger partial charge in [0.25, 0.3) is 0 Å². The Morgan fingerprint density at radius 3 is 2.62 bits per heavy atom. The van der Waals surface area contributed by atoms with Gasteiger partial charge >= 0.3 is 0 Å². The summed E-state index contributed by atoms with van der Waals surface area (Å²) in [6, 6.07) is 1.26. The molecule has 1 heterocycles. The molecule has 16 heavy (non-hydrogen) atoms. The van der Waals surface area contributed by atoms with Gasteiger partial charge < -0.3 is 5.73 Å². The van der Waals surface area contributed by atoms with Gasteiger partial charge in [-0.15, -0.1) is 0 Å². The summed E-state index contributed by atoms with van der Waals surface area (Å²) < 4.78 is 0. The molecule has 2 heteroatoms. The molecule has 1 saturated heterocycles. The maximum atomic E-state index is 6.08. The third-order valence-electron chi connectivity index (χ3n) is 4.55. The van der Waals surface area contributed by atoms with E-state index in [4.69, 9.17) is 5.73 Å². The van der Waals surface area contributed by atoms with Gasteiger partial charge in [-0.25, -0.2) is 0 Å². The average Bonchev–Trinajstić information content (AvgIpc) is 2.39. The van der Waals surface area contributed by atoms with Crippen molar-refractivity contribution in [2.45, 2.75) is 70.9 Å². The first-order valence-corrected chi connectivity index (χ1v) is 7.06. The highest BCUT2D eigenvalue weighted by Crippen LogP contribution is 2.35. The first-order chi connectivity index (χ1) is 7.57. The van der Waals surface area contributed by atoms with Crippen molar-refractivity contribution < 1.29 is 0 Å². The second kappa shape index (κ2) is 5.05. The van der Waals surface area contributed by atoms with Crippen LogP contribution in [0, 0.1) is 5.41 Å². The predicted molar refractivity (Wildman–Crippen MR) is 69.4 cm³/mol. The van der Waals surface area contributed by atoms with Crippen LogP contribution < -0.4 is 5.73 Å². The molecule has 2 unspecified atom stereocenters. The number of nitrogens with two attached hydrogens (primary N) is 1. The fourth-order valence-corrected chi connectivity index (χ4v) is 3.38. The van der Waals surface area contributed by atoms with Crippen molar-refractivity contribution in [1.82, 2.24) is 4.90 Å². The molecule has 2 rings (SSSR count). The van der Waals surface area contributed by atoms with Crippen molar-refractivity contribution in [2.75, 3.05) is 13.1 Å². The standard InChI is InChI=1S/C14H28N2/c1-14(2)8-3-6-13(7-9-14)16-10-4-5-12(15)11-16/h12-13H,3-11,15H2,1-2H3. The van der Waals surface area contributed by atoms with Gasteiger partial charge in [0.05, 0.1) is 0 Å². The van der Waals surface area contributed by atoms with E-state index in [1.807, 2.05) is 0 Å². The molecule has 2 N–H and O–H groups in total. The molecule has 0 aromatic rings. The quantitative estimate of drug-likeness (QED) is 0.694. The third-order valence-corrected chi connectivity index (χ3v) is 4.55. The summed E-state index contributed by atoms with van der Waals surface area (Å²) in [6.07, 6.45) is 9.53. The molecule has 2 nitrogen and oxygen atoms in total. The third kappa shape index (κ3) is 3.21. The Hall–Kier alpha value is -0.0800. The second-order valence-corrected chi connectivity index (χ2v) is 6.65. The normalized spacial score (nSPS) is 36.9. The molecule has 0 spiro atoms. The maximum Gasteiger partial charge on any atom is 0.0168 e. The van der Waals surface area contributed by atoms with Gasteiger partial charge in [0.2, 0.25) is 0 Å². The van der Waals surface area contributed by atoms with E-state index in [2.05, 4.69) is 18.7 Å². The summed E-state index contributed by atoms with van der Waals surface area (Å²) in [7, 11) is 0. The fraction of sp³-hybridized carbons (Fsp3) is 1.00. The summed E-state index contributed by atoms with van der Waals surface area (Å²) in [6.45, 7) is 7.29. The number of likely N-dealkylation sites (tertiary alicyclic amines) is 1. The van der Waals surface area contributed by atoms with E-state index in [1.54, 1.807) is 0 Å². The van der Waals surface area contributed by atoms with E-state index in [0.29, 0.717) is 11.5 Å². The Morgan fingerprint density at radius 1 is 1.06 bits per heavy atom. The van der Waals surface area contributed by atoms with Crippen LogP contribution in [0.4, 0.5) is 0 Å². The molecule has 2 atom stereocenters. The summed E-state index contributed by atoms with van der Waals surface area (Å²) >= 11 is 0. The minimum absolute atomic E-state index is 0.435. The molecular formula is C14H28N2. The largest absolute Gasteiger partial charge is 0.327 e. The van der Waals surface area contributed by atoms with E-state index >= 15 is 0 Å². The lowest BCUT2D eigenvalue weighted by Gasteiger charge is -2.37. The van der Waals surface area contributed by atoms with Crippen molar-refractivity contribution in [2.24, 2.45) is 11.1 Å². The van der Waals surface area contributed by atoms with Gasteiger partial charge in [-0.2, -0.15) is 0 Å². The zero-order valence-corrected chi connectivity index (χ0v) is 11.0. The van der Waals surface area contributed by atoms with Gasteiger partial charge in [-0.1, -0.05) is 20.3 Å². The van der Waals surface area contributed by atoms with E-state index in [1.165, 1.54) is 51.5 Å². The number of nitrogens with zero attached hydrogens (tertiary/aromatic N) is 1. The highest BCUT2D eigenvalue weighted by Gasteiger charge is 2.29. The molecule has 1 aliphatic heterocycles. The van der Waals surface area contributed by atoms with Crippen LogP contribution in [0.25, 0.3) is 0 Å². The Bertz CT molecular complexity index is 225. The van der Waals surface area contributed by atoms with Crippen molar-refractivity contribution in [3.8, 4) is 0 Å². The Morgan fingerprint density at radius 2 is 1.88 bits per heavy atom. The Balaban J connectivity index is 1.89. The highest BCUT2D eigenvalue weighted by atomic mass is 15.2. The van der Waals surface area contributed by atoms with Gasteiger partial charge in [-0.05, 0) is 50.5 Å². The minimum atomic E-state index is 0.435. The lowest BCUT2D eigenvalue weighted by Crippen LogP contribution is -2.47. The summed E-state index contributed by atoms with van der Waals surface area (Å²) in [5, 5.41) is 0. The van der Waals surface area contributed by atoms with Gasteiger partial charge in [0, 0.05) is 18.6 Å². The van der Waals surface area contributed by atoms with Crippen LogP contribution in [0.5, 0.6) is 0 Å². The smallest absolute Gasteiger partial charge is 0.0168 e. The van der Waals surface area contributed by atoms with Crippen molar-refractivity contribution >= 4 is 0 Å². The van der Waals surface area contributed by atoms with E-state index in [9.17, 15) is 0 Å². The van der Waals surface area contributed by atoms with E-state index in [0.717, 1.165) is 12.6 Å². The summed E-state index contributed by atoms with van der Waals surface area (Å²) in [5.41, 5.74) is 6.66. The van der Waals surface area contributed by atoms with Gasteiger partial charge in [0.15, 0.2) is 0 Å². The van der Waals surface area contributed by atoms with E-state index in [-0.39, 0.29) is 0 Å². The minimum Gasteiger partial charge on any atom is -0.327 e.